The van der Waals surface area contributed by atoms with Crippen molar-refractivity contribution in [3.05, 3.63) is 0 Å². The molecule has 0 spiro atoms. The van der Waals surface area contributed by atoms with Crippen molar-refractivity contribution in [3.8, 4) is 0 Å². The van der Waals surface area contributed by atoms with E-state index < -0.39 is 0 Å². The SMILES string of the molecule is CC(C)(C)CC(=O)N1CCCN(C(=O)CC(C)(C)C)CC1. The van der Waals surface area contributed by atoms with Gasteiger partial charge in [-0.05, 0) is 17.3 Å². The Morgan fingerprint density at radius 3 is 1.33 bits per heavy atom. The number of hydrogen-bond donors (Lipinski definition) is 0. The minimum Gasteiger partial charge on any atom is -0.341 e. The molecule has 0 atom stereocenters. The predicted molar refractivity (Wildman–Crippen MR) is 85.9 cm³/mol. The van der Waals surface area contributed by atoms with E-state index in [4.69, 9.17) is 0 Å². The molecule has 0 radical (unpaired) electrons. The molecule has 1 saturated heterocycles. The first-order valence-electron chi connectivity index (χ1n) is 8.03. The molecule has 0 bridgehead atoms. The summed E-state index contributed by atoms with van der Waals surface area (Å²) in [7, 11) is 0. The molecule has 122 valence electrons. The van der Waals surface area contributed by atoms with Gasteiger partial charge < -0.3 is 9.80 Å². The van der Waals surface area contributed by atoms with E-state index in [1.165, 1.54) is 0 Å². The van der Waals surface area contributed by atoms with Crippen molar-refractivity contribution in [2.45, 2.75) is 60.8 Å². The van der Waals surface area contributed by atoms with Gasteiger partial charge in [-0.3, -0.25) is 9.59 Å². The van der Waals surface area contributed by atoms with Crippen molar-refractivity contribution in [2.24, 2.45) is 10.8 Å². The summed E-state index contributed by atoms with van der Waals surface area (Å²) >= 11 is 0. The van der Waals surface area contributed by atoms with Gasteiger partial charge in [0.2, 0.25) is 11.8 Å². The van der Waals surface area contributed by atoms with Crippen LogP contribution in [0.15, 0.2) is 0 Å². The van der Waals surface area contributed by atoms with E-state index in [0.29, 0.717) is 25.9 Å². The largest absolute Gasteiger partial charge is 0.341 e. The van der Waals surface area contributed by atoms with E-state index in [0.717, 1.165) is 19.5 Å². The first-order chi connectivity index (χ1) is 9.48. The van der Waals surface area contributed by atoms with Crippen LogP contribution >= 0.6 is 0 Å². The minimum absolute atomic E-state index is 0.0190. The highest BCUT2D eigenvalue weighted by Crippen LogP contribution is 2.22. The molecule has 0 N–H and O–H groups in total. The highest BCUT2D eigenvalue weighted by atomic mass is 16.2. The molecule has 1 heterocycles. The van der Waals surface area contributed by atoms with Gasteiger partial charge >= 0.3 is 0 Å². The number of carbonyl (C=O) groups excluding carboxylic acids is 2. The Labute approximate surface area is 129 Å². The summed E-state index contributed by atoms with van der Waals surface area (Å²) in [4.78, 5) is 28.4. The van der Waals surface area contributed by atoms with E-state index in [1.54, 1.807) is 0 Å². The van der Waals surface area contributed by atoms with Gasteiger partial charge in [-0.25, -0.2) is 0 Å². The van der Waals surface area contributed by atoms with Gasteiger partial charge in [0.1, 0.15) is 0 Å². The molecule has 0 aromatic heterocycles. The summed E-state index contributed by atoms with van der Waals surface area (Å²) in [5.74, 6) is 0.431. The molecular weight excluding hydrogens is 264 g/mol. The first kappa shape index (κ1) is 18.0. The third-order valence-corrected chi connectivity index (χ3v) is 3.56. The minimum atomic E-state index is 0.0190. The van der Waals surface area contributed by atoms with Crippen LogP contribution in [0, 0.1) is 10.8 Å². The molecule has 1 aliphatic rings. The van der Waals surface area contributed by atoms with Crippen LogP contribution in [-0.2, 0) is 9.59 Å². The Morgan fingerprint density at radius 1 is 0.714 bits per heavy atom. The lowest BCUT2D eigenvalue weighted by atomic mass is 9.91. The zero-order valence-electron chi connectivity index (χ0n) is 14.7. The van der Waals surface area contributed by atoms with E-state index in [-0.39, 0.29) is 22.6 Å². The van der Waals surface area contributed by atoms with Crippen molar-refractivity contribution < 1.29 is 9.59 Å². The second-order valence-electron chi connectivity index (χ2n) is 8.59. The van der Waals surface area contributed by atoms with Gasteiger partial charge in [-0.1, -0.05) is 41.5 Å². The van der Waals surface area contributed by atoms with Crippen LogP contribution in [0.1, 0.15) is 60.8 Å². The van der Waals surface area contributed by atoms with Gasteiger partial charge in [-0.2, -0.15) is 0 Å². The monoisotopic (exact) mass is 296 g/mol. The van der Waals surface area contributed by atoms with Crippen molar-refractivity contribution in [2.75, 3.05) is 26.2 Å². The van der Waals surface area contributed by atoms with Gasteiger partial charge in [-0.15, -0.1) is 0 Å². The Balaban J connectivity index is 2.54. The Bertz CT molecular complexity index is 341. The molecule has 0 aromatic carbocycles. The molecule has 4 nitrogen and oxygen atoms in total. The first-order valence-corrected chi connectivity index (χ1v) is 8.03. The van der Waals surface area contributed by atoms with E-state index in [9.17, 15) is 9.59 Å². The predicted octanol–water partition coefficient (Wildman–Crippen LogP) is 2.92. The molecule has 2 amide bonds. The van der Waals surface area contributed by atoms with E-state index >= 15 is 0 Å². The average molecular weight is 296 g/mol. The highest BCUT2D eigenvalue weighted by molar-refractivity contribution is 5.78. The summed E-state index contributed by atoms with van der Waals surface area (Å²) in [5, 5.41) is 0. The van der Waals surface area contributed by atoms with Gasteiger partial charge in [0.15, 0.2) is 0 Å². The zero-order valence-corrected chi connectivity index (χ0v) is 14.7. The molecular formula is C17H32N2O2. The fraction of sp³-hybridized carbons (Fsp3) is 0.882. The number of amides is 2. The lowest BCUT2D eigenvalue weighted by molar-refractivity contribution is -0.135. The highest BCUT2D eigenvalue weighted by Gasteiger charge is 2.26. The van der Waals surface area contributed by atoms with Crippen LogP contribution in [-0.4, -0.2) is 47.8 Å². The number of hydrogen-bond acceptors (Lipinski definition) is 2. The van der Waals surface area contributed by atoms with E-state index in [2.05, 4.69) is 41.5 Å². The maximum atomic E-state index is 12.3. The van der Waals surface area contributed by atoms with Crippen molar-refractivity contribution in [3.63, 3.8) is 0 Å². The molecule has 4 heteroatoms. The van der Waals surface area contributed by atoms with Crippen LogP contribution in [0.4, 0.5) is 0 Å². The number of nitrogens with zero attached hydrogens (tertiary/aromatic N) is 2. The number of rotatable bonds is 2. The molecule has 1 fully saturated rings. The molecule has 1 aliphatic heterocycles. The Kier molecular flexibility index (Phi) is 5.83. The second-order valence-corrected chi connectivity index (χ2v) is 8.59. The van der Waals surface area contributed by atoms with Crippen LogP contribution in [0.25, 0.3) is 0 Å². The quantitative estimate of drug-likeness (QED) is 0.786. The Morgan fingerprint density at radius 2 is 1.05 bits per heavy atom. The van der Waals surface area contributed by atoms with Crippen LogP contribution in [0.3, 0.4) is 0 Å². The second kappa shape index (κ2) is 6.80. The molecule has 1 rings (SSSR count). The molecule has 0 unspecified atom stereocenters. The molecule has 0 saturated carbocycles. The summed E-state index contributed by atoms with van der Waals surface area (Å²) in [6, 6.07) is 0. The smallest absolute Gasteiger partial charge is 0.223 e. The standard InChI is InChI=1S/C17H32N2O2/c1-16(2,3)12-14(20)18-8-7-9-19(11-10-18)15(21)13-17(4,5)6/h7-13H2,1-6H3. The van der Waals surface area contributed by atoms with Crippen molar-refractivity contribution in [1.29, 1.82) is 0 Å². The van der Waals surface area contributed by atoms with Gasteiger partial charge in [0.05, 0.1) is 0 Å². The van der Waals surface area contributed by atoms with E-state index in [1.807, 2.05) is 9.80 Å². The lowest BCUT2D eigenvalue weighted by Crippen LogP contribution is -2.39. The summed E-state index contributed by atoms with van der Waals surface area (Å²) < 4.78 is 0. The van der Waals surface area contributed by atoms with Crippen LogP contribution < -0.4 is 0 Å². The summed E-state index contributed by atoms with van der Waals surface area (Å²) in [5.41, 5.74) is 0.0380. The topological polar surface area (TPSA) is 40.6 Å². The van der Waals surface area contributed by atoms with Gasteiger partial charge in [0.25, 0.3) is 0 Å². The fourth-order valence-electron chi connectivity index (χ4n) is 2.55. The third-order valence-electron chi connectivity index (χ3n) is 3.56. The van der Waals surface area contributed by atoms with Crippen LogP contribution in [0.5, 0.6) is 0 Å². The molecule has 0 aliphatic carbocycles. The molecule has 0 aromatic rings. The molecule has 21 heavy (non-hydrogen) atoms. The maximum absolute atomic E-state index is 12.3. The third kappa shape index (κ3) is 6.96. The Hall–Kier alpha value is -1.06. The van der Waals surface area contributed by atoms with Crippen molar-refractivity contribution in [1.82, 2.24) is 9.80 Å². The maximum Gasteiger partial charge on any atom is 0.223 e. The van der Waals surface area contributed by atoms with Gasteiger partial charge in [0, 0.05) is 39.0 Å². The average Bonchev–Trinajstić information content (AvgIpc) is 2.49. The lowest BCUT2D eigenvalue weighted by Gasteiger charge is -2.27. The normalized spacial score (nSPS) is 17.6. The summed E-state index contributed by atoms with van der Waals surface area (Å²) in [6.45, 7) is 15.4. The summed E-state index contributed by atoms with van der Waals surface area (Å²) in [6.07, 6.45) is 2.03. The fourth-order valence-corrected chi connectivity index (χ4v) is 2.55. The van der Waals surface area contributed by atoms with Crippen LogP contribution in [0.2, 0.25) is 0 Å². The van der Waals surface area contributed by atoms with Crippen molar-refractivity contribution >= 4 is 11.8 Å². The zero-order chi connectivity index (χ0) is 16.3. The number of carbonyl (C=O) groups is 2.